The first-order valence-electron chi connectivity index (χ1n) is 10.0. The Hall–Kier alpha value is -3.52. The Bertz CT molecular complexity index is 1060. The van der Waals surface area contributed by atoms with E-state index in [2.05, 4.69) is 0 Å². The van der Waals surface area contributed by atoms with Crippen molar-refractivity contribution in [1.29, 1.82) is 0 Å². The summed E-state index contributed by atoms with van der Waals surface area (Å²) in [4.78, 5) is 27.4. The maximum absolute atomic E-state index is 13.1. The largest absolute Gasteiger partial charge is 0.507 e. The van der Waals surface area contributed by atoms with E-state index in [-0.39, 0.29) is 24.5 Å². The molecule has 2 aromatic rings. The number of ether oxygens (including phenoxy) is 4. The van der Waals surface area contributed by atoms with Crippen LogP contribution in [0.3, 0.4) is 0 Å². The first-order chi connectivity index (χ1) is 15.4. The van der Waals surface area contributed by atoms with Crippen LogP contribution in [0.4, 0.5) is 0 Å². The third-order valence-electron chi connectivity index (χ3n) is 5.50. The van der Waals surface area contributed by atoms with E-state index in [4.69, 9.17) is 18.9 Å². The molecule has 1 amide bonds. The fourth-order valence-corrected chi connectivity index (χ4v) is 3.84. The quantitative estimate of drug-likeness (QED) is 0.382. The minimum absolute atomic E-state index is 0.0113. The lowest BCUT2D eigenvalue weighted by molar-refractivity contribution is -0.140. The van der Waals surface area contributed by atoms with Crippen molar-refractivity contribution in [2.45, 2.75) is 13.0 Å². The van der Waals surface area contributed by atoms with Gasteiger partial charge in [-0.05, 0) is 42.8 Å². The molecule has 0 bridgehead atoms. The van der Waals surface area contributed by atoms with E-state index in [1.165, 1.54) is 26.2 Å². The number of nitrogens with zero attached hydrogens (tertiary/aromatic N) is 1. The Balaban J connectivity index is 2.24. The predicted molar refractivity (Wildman–Crippen MR) is 118 cm³/mol. The average molecular weight is 441 g/mol. The molecule has 1 heterocycles. The zero-order valence-electron chi connectivity index (χ0n) is 18.8. The Kier molecular flexibility index (Phi) is 7.05. The van der Waals surface area contributed by atoms with E-state index in [0.717, 1.165) is 0 Å². The molecule has 1 atom stereocenters. The summed E-state index contributed by atoms with van der Waals surface area (Å²) >= 11 is 0. The highest BCUT2D eigenvalue weighted by molar-refractivity contribution is 6.46. The molecule has 1 saturated heterocycles. The van der Waals surface area contributed by atoms with Gasteiger partial charge in [-0.3, -0.25) is 9.59 Å². The van der Waals surface area contributed by atoms with Gasteiger partial charge in [-0.1, -0.05) is 0 Å². The summed E-state index contributed by atoms with van der Waals surface area (Å²) < 4.78 is 21.2. The van der Waals surface area contributed by atoms with Crippen LogP contribution in [0, 0.1) is 6.92 Å². The van der Waals surface area contributed by atoms with E-state index in [1.54, 1.807) is 50.4 Å². The number of methoxy groups -OCH3 is 4. The normalized spacial score (nSPS) is 17.5. The van der Waals surface area contributed by atoms with Gasteiger partial charge < -0.3 is 29.0 Å². The second kappa shape index (κ2) is 9.74. The van der Waals surface area contributed by atoms with E-state index in [1.807, 2.05) is 0 Å². The van der Waals surface area contributed by atoms with Crippen LogP contribution in [-0.4, -0.2) is 63.3 Å². The van der Waals surface area contributed by atoms with Gasteiger partial charge in [0.2, 0.25) is 0 Å². The molecule has 0 spiro atoms. The zero-order valence-corrected chi connectivity index (χ0v) is 18.8. The second-order valence-electron chi connectivity index (χ2n) is 7.27. The van der Waals surface area contributed by atoms with Crippen LogP contribution in [0.15, 0.2) is 42.0 Å². The van der Waals surface area contributed by atoms with Crippen molar-refractivity contribution in [3.8, 4) is 17.2 Å². The molecule has 8 heteroatoms. The first kappa shape index (κ1) is 23.1. The molecule has 1 N–H and O–H groups in total. The van der Waals surface area contributed by atoms with E-state index < -0.39 is 17.7 Å². The summed E-state index contributed by atoms with van der Waals surface area (Å²) in [5.74, 6) is -0.130. The maximum atomic E-state index is 13.1. The number of Topliss-reactive ketones (excluding diaryl/α,β-unsaturated/α-hetero) is 1. The Morgan fingerprint density at radius 3 is 2.22 bits per heavy atom. The SMILES string of the molecule is COCCN1C(=O)C(=O)C(=C(O)c2ccc(OC)cc2C)[C@H]1c1ccc(OC)cc1OC. The van der Waals surface area contributed by atoms with Crippen LogP contribution in [0.5, 0.6) is 17.2 Å². The Labute approximate surface area is 187 Å². The van der Waals surface area contributed by atoms with Crippen LogP contribution < -0.4 is 14.2 Å². The minimum Gasteiger partial charge on any atom is -0.507 e. The molecule has 32 heavy (non-hydrogen) atoms. The third kappa shape index (κ3) is 4.13. The minimum atomic E-state index is -0.854. The number of carbonyl (C=O) groups excluding carboxylic acids is 2. The number of benzene rings is 2. The van der Waals surface area contributed by atoms with Gasteiger partial charge in [0.1, 0.15) is 23.0 Å². The van der Waals surface area contributed by atoms with Gasteiger partial charge in [-0.25, -0.2) is 0 Å². The highest BCUT2D eigenvalue weighted by atomic mass is 16.5. The molecule has 3 rings (SSSR count). The fraction of sp³-hybridized carbons (Fsp3) is 0.333. The van der Waals surface area contributed by atoms with E-state index >= 15 is 0 Å². The fourth-order valence-electron chi connectivity index (χ4n) is 3.84. The Morgan fingerprint density at radius 1 is 0.969 bits per heavy atom. The van der Waals surface area contributed by atoms with Gasteiger partial charge in [0.05, 0.1) is 39.6 Å². The number of aliphatic hydroxyl groups excluding tert-OH is 1. The number of hydrogen-bond acceptors (Lipinski definition) is 7. The zero-order chi connectivity index (χ0) is 23.4. The molecular weight excluding hydrogens is 414 g/mol. The van der Waals surface area contributed by atoms with Gasteiger partial charge in [0, 0.05) is 30.8 Å². The molecule has 0 aliphatic carbocycles. The third-order valence-corrected chi connectivity index (χ3v) is 5.50. The molecular formula is C24H27NO7. The molecule has 1 aliphatic rings. The van der Waals surface area contributed by atoms with Gasteiger partial charge in [-0.15, -0.1) is 0 Å². The number of rotatable bonds is 8. The van der Waals surface area contributed by atoms with Crippen LogP contribution in [0.1, 0.15) is 22.7 Å². The molecule has 1 fully saturated rings. The van der Waals surface area contributed by atoms with Crippen molar-refractivity contribution in [2.24, 2.45) is 0 Å². The van der Waals surface area contributed by atoms with E-state index in [9.17, 15) is 14.7 Å². The van der Waals surface area contributed by atoms with Crippen molar-refractivity contribution >= 4 is 17.4 Å². The summed E-state index contributed by atoms with van der Waals surface area (Å²) in [5, 5.41) is 11.2. The van der Waals surface area contributed by atoms with E-state index in [0.29, 0.717) is 33.9 Å². The number of aliphatic hydroxyl groups is 1. The number of amides is 1. The summed E-state index contributed by atoms with van der Waals surface area (Å²) in [7, 11) is 6.09. The number of aryl methyl sites for hydroxylation is 1. The number of likely N-dealkylation sites (tertiary alicyclic amines) is 1. The Morgan fingerprint density at radius 2 is 1.62 bits per heavy atom. The van der Waals surface area contributed by atoms with Crippen LogP contribution >= 0.6 is 0 Å². The first-order valence-corrected chi connectivity index (χ1v) is 10.0. The smallest absolute Gasteiger partial charge is 0.295 e. The van der Waals surface area contributed by atoms with Gasteiger partial charge in [0.25, 0.3) is 11.7 Å². The number of hydrogen-bond donors (Lipinski definition) is 1. The second-order valence-corrected chi connectivity index (χ2v) is 7.27. The molecule has 1 aliphatic heterocycles. The highest BCUT2D eigenvalue weighted by Crippen LogP contribution is 2.44. The molecule has 2 aromatic carbocycles. The summed E-state index contributed by atoms with van der Waals surface area (Å²) in [6.45, 7) is 2.18. The lowest BCUT2D eigenvalue weighted by Gasteiger charge is -2.26. The summed E-state index contributed by atoms with van der Waals surface area (Å²) in [6, 6.07) is 9.35. The standard InChI is InChI=1S/C24H27NO7/c1-14-12-15(30-3)6-8-17(14)22(26)20-21(25(10-11-29-2)24(28)23(20)27)18-9-7-16(31-4)13-19(18)32-5/h6-9,12-13,21,26H,10-11H2,1-5H3/t21-/m1/s1. The van der Waals surface area contributed by atoms with Gasteiger partial charge in [-0.2, -0.15) is 0 Å². The lowest BCUT2D eigenvalue weighted by Crippen LogP contribution is -2.32. The lowest BCUT2D eigenvalue weighted by atomic mass is 9.93. The predicted octanol–water partition coefficient (Wildman–Crippen LogP) is 3.09. The molecule has 0 radical (unpaired) electrons. The van der Waals surface area contributed by atoms with Crippen molar-refractivity contribution in [1.82, 2.24) is 4.90 Å². The van der Waals surface area contributed by atoms with Gasteiger partial charge >= 0.3 is 0 Å². The molecule has 0 aromatic heterocycles. The summed E-state index contributed by atoms with van der Waals surface area (Å²) in [6.07, 6.45) is 0. The topological polar surface area (TPSA) is 94.5 Å². The van der Waals surface area contributed by atoms with Crippen LogP contribution in [0.2, 0.25) is 0 Å². The molecule has 8 nitrogen and oxygen atoms in total. The van der Waals surface area contributed by atoms with Gasteiger partial charge in [0.15, 0.2) is 0 Å². The maximum Gasteiger partial charge on any atom is 0.295 e. The van der Waals surface area contributed by atoms with Crippen molar-refractivity contribution < 1.29 is 33.6 Å². The average Bonchev–Trinajstić information content (AvgIpc) is 3.06. The molecule has 0 saturated carbocycles. The van der Waals surface area contributed by atoms with Crippen LogP contribution in [0.25, 0.3) is 5.76 Å². The van der Waals surface area contributed by atoms with Crippen molar-refractivity contribution in [3.05, 3.63) is 58.7 Å². The highest BCUT2D eigenvalue weighted by Gasteiger charge is 2.47. The number of ketones is 1. The van der Waals surface area contributed by atoms with Crippen molar-refractivity contribution in [2.75, 3.05) is 41.6 Å². The summed E-state index contributed by atoms with van der Waals surface area (Å²) in [5.41, 5.74) is 1.68. The monoisotopic (exact) mass is 441 g/mol. The number of carbonyl (C=O) groups is 2. The van der Waals surface area contributed by atoms with Crippen LogP contribution in [-0.2, 0) is 14.3 Å². The molecule has 170 valence electrons. The van der Waals surface area contributed by atoms with Crippen molar-refractivity contribution in [3.63, 3.8) is 0 Å². The molecule has 0 unspecified atom stereocenters.